The van der Waals surface area contributed by atoms with Crippen molar-refractivity contribution in [2.24, 2.45) is 0 Å². The number of aromatic nitrogens is 4. The van der Waals surface area contributed by atoms with Gasteiger partial charge < -0.3 is 9.67 Å². The Hall–Kier alpha value is -1.94. The molecule has 0 unspecified atom stereocenters. The molecule has 0 aliphatic rings. The van der Waals surface area contributed by atoms with Crippen LogP contribution in [0.15, 0.2) is 35.6 Å². The van der Waals surface area contributed by atoms with E-state index in [1.165, 1.54) is 23.1 Å². The first-order chi connectivity index (χ1) is 13.1. The van der Waals surface area contributed by atoms with Gasteiger partial charge in [-0.25, -0.2) is 4.98 Å². The molecule has 2 aromatic heterocycles. The van der Waals surface area contributed by atoms with Gasteiger partial charge in [-0.3, -0.25) is 10.1 Å². The lowest BCUT2D eigenvalue weighted by molar-refractivity contribution is -0.113. The minimum Gasteiger partial charge on any atom is -0.390 e. The molecule has 10 heteroatoms. The van der Waals surface area contributed by atoms with Gasteiger partial charge in [0.15, 0.2) is 5.16 Å². The van der Waals surface area contributed by atoms with Crippen LogP contribution in [-0.2, 0) is 24.4 Å². The molecule has 0 saturated carbocycles. The van der Waals surface area contributed by atoms with Gasteiger partial charge in [0, 0.05) is 17.8 Å². The van der Waals surface area contributed by atoms with E-state index in [1.54, 1.807) is 6.20 Å². The van der Waals surface area contributed by atoms with Crippen LogP contribution in [0.4, 0.5) is 5.13 Å². The number of halogens is 1. The Kier molecular flexibility index (Phi) is 6.84. The molecule has 0 atom stereocenters. The molecular weight excluding hydrogens is 406 g/mol. The fourth-order valence-electron chi connectivity index (χ4n) is 2.27. The molecule has 0 bridgehead atoms. The number of rotatable bonds is 8. The minimum absolute atomic E-state index is 0.155. The largest absolute Gasteiger partial charge is 0.390 e. The highest BCUT2D eigenvalue weighted by Crippen LogP contribution is 2.21. The molecular formula is C17H18ClN5O2S2. The number of aryl methyl sites for hydroxylation is 1. The quantitative estimate of drug-likeness (QED) is 0.540. The van der Waals surface area contributed by atoms with Crippen molar-refractivity contribution < 1.29 is 9.90 Å². The van der Waals surface area contributed by atoms with Crippen LogP contribution in [-0.4, -0.2) is 36.5 Å². The second kappa shape index (κ2) is 9.32. The maximum absolute atomic E-state index is 12.2. The Labute approximate surface area is 169 Å². The topological polar surface area (TPSA) is 92.9 Å². The van der Waals surface area contributed by atoms with Gasteiger partial charge in [-0.15, -0.1) is 10.2 Å². The average Bonchev–Trinajstić information content (AvgIpc) is 3.28. The van der Waals surface area contributed by atoms with Crippen LogP contribution < -0.4 is 5.32 Å². The normalized spacial score (nSPS) is 10.9. The first kappa shape index (κ1) is 19.8. The van der Waals surface area contributed by atoms with Gasteiger partial charge in [-0.1, -0.05) is 53.8 Å². The van der Waals surface area contributed by atoms with E-state index < -0.39 is 0 Å². The van der Waals surface area contributed by atoms with Gasteiger partial charge in [-0.2, -0.15) is 0 Å². The maximum atomic E-state index is 12.2. The predicted octanol–water partition coefficient (Wildman–Crippen LogP) is 3.22. The van der Waals surface area contributed by atoms with Crippen LogP contribution in [0.1, 0.15) is 23.2 Å². The number of nitrogens with one attached hydrogen (secondary N) is 1. The molecule has 0 aliphatic carbocycles. The van der Waals surface area contributed by atoms with Crippen LogP contribution in [0.25, 0.3) is 0 Å². The molecule has 27 heavy (non-hydrogen) atoms. The number of hydrogen-bond acceptors (Lipinski definition) is 7. The van der Waals surface area contributed by atoms with Gasteiger partial charge in [0.25, 0.3) is 0 Å². The molecule has 1 amide bonds. The Morgan fingerprint density at radius 3 is 2.78 bits per heavy atom. The van der Waals surface area contributed by atoms with Gasteiger partial charge in [0.2, 0.25) is 11.0 Å². The zero-order valence-corrected chi connectivity index (χ0v) is 16.9. The highest BCUT2D eigenvalue weighted by atomic mass is 35.5. The number of aliphatic hydroxyl groups excluding tert-OH is 1. The van der Waals surface area contributed by atoms with Crippen molar-refractivity contribution in [2.75, 3.05) is 11.1 Å². The van der Waals surface area contributed by atoms with Crippen LogP contribution in [0, 0.1) is 0 Å². The highest BCUT2D eigenvalue weighted by molar-refractivity contribution is 7.99. The van der Waals surface area contributed by atoms with E-state index >= 15 is 0 Å². The number of amides is 1. The second-order valence-corrected chi connectivity index (χ2v) is 8.06. The fraction of sp³-hybridized carbons (Fsp3) is 0.294. The summed E-state index contributed by atoms with van der Waals surface area (Å²) in [6.07, 6.45) is 2.57. The Morgan fingerprint density at radius 2 is 2.11 bits per heavy atom. The lowest BCUT2D eigenvalue weighted by Gasteiger charge is -2.07. The third kappa shape index (κ3) is 5.52. The van der Waals surface area contributed by atoms with Crippen molar-refractivity contribution in [3.8, 4) is 0 Å². The zero-order valence-electron chi connectivity index (χ0n) is 14.6. The Bertz CT molecular complexity index is 910. The Balaban J connectivity index is 1.63. The smallest absolute Gasteiger partial charge is 0.236 e. The first-order valence-corrected chi connectivity index (χ1v) is 10.4. The van der Waals surface area contributed by atoms with Crippen molar-refractivity contribution >= 4 is 45.7 Å². The van der Waals surface area contributed by atoms with Crippen molar-refractivity contribution in [3.63, 3.8) is 0 Å². The van der Waals surface area contributed by atoms with Gasteiger partial charge in [-0.05, 0) is 24.1 Å². The average molecular weight is 424 g/mol. The van der Waals surface area contributed by atoms with Crippen molar-refractivity contribution in [1.29, 1.82) is 0 Å². The van der Waals surface area contributed by atoms with Gasteiger partial charge >= 0.3 is 0 Å². The third-order valence-electron chi connectivity index (χ3n) is 3.57. The van der Waals surface area contributed by atoms with Crippen molar-refractivity contribution in [1.82, 2.24) is 19.7 Å². The summed E-state index contributed by atoms with van der Waals surface area (Å²) in [5.41, 5.74) is 1.61. The molecule has 7 nitrogen and oxygen atoms in total. The van der Waals surface area contributed by atoms with Crippen LogP contribution in [0.2, 0.25) is 5.02 Å². The van der Waals surface area contributed by atoms with E-state index in [1.807, 2.05) is 35.8 Å². The molecule has 0 radical (unpaired) electrons. The standard InChI is InChI=1S/C17H18ClN5O2S2/c1-2-15-21-22-16(27-15)20-14(25)10-26-17-19-13(9-24)8-23(17)7-11-3-5-12(18)6-4-11/h3-6,8,24H,2,7,9-10H2,1H3,(H,20,22,25). The van der Waals surface area contributed by atoms with Crippen molar-refractivity contribution in [2.45, 2.75) is 31.7 Å². The summed E-state index contributed by atoms with van der Waals surface area (Å²) in [6, 6.07) is 7.52. The second-order valence-electron chi connectivity index (χ2n) is 5.62. The number of thioether (sulfide) groups is 1. The number of anilines is 1. The molecule has 1 aromatic carbocycles. The summed E-state index contributed by atoms with van der Waals surface area (Å²) in [7, 11) is 0. The summed E-state index contributed by atoms with van der Waals surface area (Å²) < 4.78 is 1.91. The summed E-state index contributed by atoms with van der Waals surface area (Å²) in [5.74, 6) is 0.00850. The van der Waals surface area contributed by atoms with Crippen LogP contribution in [0.5, 0.6) is 0 Å². The molecule has 142 valence electrons. The molecule has 2 heterocycles. The SMILES string of the molecule is CCc1nnc(NC(=O)CSc2nc(CO)cn2Cc2ccc(Cl)cc2)s1. The van der Waals surface area contributed by atoms with E-state index in [9.17, 15) is 9.90 Å². The molecule has 3 rings (SSSR count). The number of carbonyl (C=O) groups is 1. The fourth-order valence-corrected chi connectivity index (χ4v) is 3.89. The Morgan fingerprint density at radius 1 is 1.33 bits per heavy atom. The molecule has 0 aliphatic heterocycles. The predicted molar refractivity (Wildman–Crippen MR) is 107 cm³/mol. The monoisotopic (exact) mass is 423 g/mol. The van der Waals surface area contributed by atoms with Crippen LogP contribution >= 0.6 is 34.7 Å². The van der Waals surface area contributed by atoms with E-state index in [0.29, 0.717) is 27.5 Å². The summed E-state index contributed by atoms with van der Waals surface area (Å²) >= 11 is 8.60. The number of carbonyl (C=O) groups excluding carboxylic acids is 1. The number of imidazole rings is 1. The lowest BCUT2D eigenvalue weighted by atomic mass is 10.2. The first-order valence-electron chi connectivity index (χ1n) is 8.23. The molecule has 3 aromatic rings. The third-order valence-corrected chi connectivity index (χ3v) is 5.79. The van der Waals surface area contributed by atoms with E-state index in [-0.39, 0.29) is 18.3 Å². The molecule has 0 fully saturated rings. The maximum Gasteiger partial charge on any atom is 0.236 e. The van der Waals surface area contributed by atoms with Gasteiger partial charge in [0.1, 0.15) is 5.01 Å². The minimum atomic E-state index is -0.176. The van der Waals surface area contributed by atoms with E-state index in [2.05, 4.69) is 20.5 Å². The summed E-state index contributed by atoms with van der Waals surface area (Å²) in [5, 5.41) is 22.8. The van der Waals surface area contributed by atoms with E-state index in [4.69, 9.17) is 11.6 Å². The molecule has 2 N–H and O–H groups in total. The van der Waals surface area contributed by atoms with E-state index in [0.717, 1.165) is 17.0 Å². The number of hydrogen-bond donors (Lipinski definition) is 2. The zero-order chi connectivity index (χ0) is 19.2. The summed E-state index contributed by atoms with van der Waals surface area (Å²) in [4.78, 5) is 16.6. The van der Waals surface area contributed by atoms with Crippen LogP contribution in [0.3, 0.4) is 0 Å². The molecule has 0 saturated heterocycles. The highest BCUT2D eigenvalue weighted by Gasteiger charge is 2.13. The lowest BCUT2D eigenvalue weighted by Crippen LogP contribution is -2.14. The number of benzene rings is 1. The van der Waals surface area contributed by atoms with Crippen molar-refractivity contribution in [3.05, 3.63) is 51.7 Å². The molecule has 0 spiro atoms. The number of aliphatic hydroxyl groups is 1. The number of nitrogens with zero attached hydrogens (tertiary/aromatic N) is 4. The van der Waals surface area contributed by atoms with Gasteiger partial charge in [0.05, 0.1) is 18.1 Å². The summed E-state index contributed by atoms with van der Waals surface area (Å²) in [6.45, 7) is 2.41.